The normalized spacial score (nSPS) is 14.8. The zero-order valence-electron chi connectivity index (χ0n) is 10.5. The highest BCUT2D eigenvalue weighted by Gasteiger charge is 2.31. The van der Waals surface area contributed by atoms with Crippen molar-refractivity contribution in [2.45, 2.75) is 13.1 Å². The molecular weight excluding hydrogens is 260 g/mol. The number of rotatable bonds is 5. The molecule has 0 saturated carbocycles. The zero-order chi connectivity index (χ0) is 13.9. The van der Waals surface area contributed by atoms with E-state index in [1.165, 1.54) is 12.3 Å². The average molecular weight is 272 g/mol. The van der Waals surface area contributed by atoms with E-state index in [0.29, 0.717) is 18.1 Å². The molecule has 2 amide bonds. The van der Waals surface area contributed by atoms with Gasteiger partial charge in [0.15, 0.2) is 0 Å². The van der Waals surface area contributed by atoms with E-state index in [2.05, 4.69) is 5.32 Å². The van der Waals surface area contributed by atoms with Gasteiger partial charge in [-0.15, -0.1) is 0 Å². The van der Waals surface area contributed by atoms with Crippen LogP contribution in [0.4, 0.5) is 0 Å². The second kappa shape index (κ2) is 5.08. The predicted molar refractivity (Wildman–Crippen MR) is 67.9 cm³/mol. The Morgan fingerprint density at radius 2 is 1.75 bits per heavy atom. The number of carbonyl (C=O) groups excluding carboxylic acids is 2. The highest BCUT2D eigenvalue weighted by molar-refractivity contribution is 6.15. The molecule has 6 heteroatoms. The lowest BCUT2D eigenvalue weighted by atomic mass is 10.3. The first-order valence-corrected chi connectivity index (χ1v) is 6.10. The van der Waals surface area contributed by atoms with Crippen LogP contribution in [0.15, 0.2) is 57.4 Å². The minimum absolute atomic E-state index is 0.132. The van der Waals surface area contributed by atoms with E-state index < -0.39 is 0 Å². The van der Waals surface area contributed by atoms with E-state index in [0.717, 1.165) is 4.90 Å². The molecule has 0 unspecified atom stereocenters. The van der Waals surface area contributed by atoms with Gasteiger partial charge in [-0.3, -0.25) is 14.5 Å². The van der Waals surface area contributed by atoms with Gasteiger partial charge in [0.05, 0.1) is 25.6 Å². The van der Waals surface area contributed by atoms with Crippen LogP contribution in [0.3, 0.4) is 0 Å². The van der Waals surface area contributed by atoms with Gasteiger partial charge in [0.2, 0.25) is 0 Å². The summed E-state index contributed by atoms with van der Waals surface area (Å²) in [5.74, 6) is 0.536. The van der Waals surface area contributed by atoms with Crippen molar-refractivity contribution in [2.75, 3.05) is 0 Å². The molecule has 2 aromatic rings. The third-order valence-electron chi connectivity index (χ3n) is 2.94. The summed E-state index contributed by atoms with van der Waals surface area (Å²) in [4.78, 5) is 25.0. The van der Waals surface area contributed by atoms with E-state index >= 15 is 0 Å². The molecule has 2 aromatic heterocycles. The van der Waals surface area contributed by atoms with E-state index in [4.69, 9.17) is 8.83 Å². The standard InChI is InChI=1S/C14H12N2O4/c17-13-7-12(15-8-10-3-1-5-19-10)14(18)16(13)9-11-4-2-6-20-11/h1-7,15H,8-9H2. The number of imide groups is 1. The molecule has 3 rings (SSSR count). The molecular formula is C14H12N2O4. The maximum atomic E-state index is 12.1. The monoisotopic (exact) mass is 272 g/mol. The summed E-state index contributed by atoms with van der Waals surface area (Å²) in [6, 6.07) is 6.98. The zero-order valence-corrected chi connectivity index (χ0v) is 10.5. The second-order valence-electron chi connectivity index (χ2n) is 4.30. The first kappa shape index (κ1) is 12.3. The molecule has 1 N–H and O–H groups in total. The Labute approximate surface area is 114 Å². The summed E-state index contributed by atoms with van der Waals surface area (Å²) in [5, 5.41) is 2.90. The van der Waals surface area contributed by atoms with Crippen molar-refractivity contribution in [3.8, 4) is 0 Å². The molecule has 0 saturated heterocycles. The Hall–Kier alpha value is -2.76. The number of nitrogens with one attached hydrogen (secondary N) is 1. The summed E-state index contributed by atoms with van der Waals surface area (Å²) in [7, 11) is 0. The molecule has 0 fully saturated rings. The fourth-order valence-corrected chi connectivity index (χ4v) is 1.94. The number of nitrogens with zero attached hydrogens (tertiary/aromatic N) is 1. The number of amides is 2. The van der Waals surface area contributed by atoms with Gasteiger partial charge < -0.3 is 14.2 Å². The third kappa shape index (κ3) is 2.35. The quantitative estimate of drug-likeness (QED) is 0.833. The molecule has 1 aliphatic rings. The van der Waals surface area contributed by atoms with Gasteiger partial charge in [-0.25, -0.2) is 0 Å². The summed E-state index contributed by atoms with van der Waals surface area (Å²) in [5.41, 5.74) is 0.262. The molecule has 0 atom stereocenters. The summed E-state index contributed by atoms with van der Waals surface area (Å²) in [6.45, 7) is 0.486. The second-order valence-corrected chi connectivity index (χ2v) is 4.30. The lowest BCUT2D eigenvalue weighted by Gasteiger charge is -2.13. The molecule has 20 heavy (non-hydrogen) atoms. The van der Waals surface area contributed by atoms with Gasteiger partial charge >= 0.3 is 0 Å². The van der Waals surface area contributed by atoms with Crippen LogP contribution >= 0.6 is 0 Å². The van der Waals surface area contributed by atoms with Crippen LogP contribution < -0.4 is 5.32 Å². The molecule has 6 nitrogen and oxygen atoms in total. The van der Waals surface area contributed by atoms with Gasteiger partial charge in [-0.1, -0.05) is 0 Å². The van der Waals surface area contributed by atoms with Crippen molar-refractivity contribution in [1.29, 1.82) is 0 Å². The average Bonchev–Trinajstić information content (AvgIpc) is 3.15. The topological polar surface area (TPSA) is 75.7 Å². The number of hydrogen-bond donors (Lipinski definition) is 1. The van der Waals surface area contributed by atoms with Crippen LogP contribution in [-0.2, 0) is 22.7 Å². The van der Waals surface area contributed by atoms with Crippen LogP contribution in [0.5, 0.6) is 0 Å². The number of carbonyl (C=O) groups is 2. The maximum Gasteiger partial charge on any atom is 0.277 e. The minimum Gasteiger partial charge on any atom is -0.467 e. The van der Waals surface area contributed by atoms with Crippen molar-refractivity contribution >= 4 is 11.8 Å². The minimum atomic E-state index is -0.363. The van der Waals surface area contributed by atoms with Crippen LogP contribution in [0.1, 0.15) is 11.5 Å². The lowest BCUT2D eigenvalue weighted by molar-refractivity contribution is -0.138. The van der Waals surface area contributed by atoms with Crippen LogP contribution in [-0.4, -0.2) is 16.7 Å². The van der Waals surface area contributed by atoms with Gasteiger partial charge in [0.1, 0.15) is 17.2 Å². The van der Waals surface area contributed by atoms with E-state index in [1.54, 1.807) is 30.5 Å². The van der Waals surface area contributed by atoms with Crippen LogP contribution in [0, 0.1) is 0 Å². The van der Waals surface area contributed by atoms with Crippen LogP contribution in [0.25, 0.3) is 0 Å². The van der Waals surface area contributed by atoms with Gasteiger partial charge in [-0.05, 0) is 24.3 Å². The summed E-state index contributed by atoms with van der Waals surface area (Å²) >= 11 is 0. The van der Waals surface area contributed by atoms with Crippen molar-refractivity contribution in [3.63, 3.8) is 0 Å². The SMILES string of the molecule is O=C1C=C(NCc2ccco2)C(=O)N1Cc1ccco1. The Bertz CT molecular complexity index is 641. The highest BCUT2D eigenvalue weighted by Crippen LogP contribution is 2.15. The molecule has 0 aliphatic carbocycles. The number of hydrogen-bond acceptors (Lipinski definition) is 5. The predicted octanol–water partition coefficient (Wildman–Crippen LogP) is 1.42. The lowest BCUT2D eigenvalue weighted by Crippen LogP contribution is -2.32. The van der Waals surface area contributed by atoms with Gasteiger partial charge in [0, 0.05) is 6.08 Å². The third-order valence-corrected chi connectivity index (χ3v) is 2.94. The molecule has 102 valence electrons. The molecule has 0 bridgehead atoms. The molecule has 0 aromatic carbocycles. The Kier molecular flexibility index (Phi) is 3.12. The van der Waals surface area contributed by atoms with Crippen LogP contribution in [0.2, 0.25) is 0 Å². The molecule has 1 aliphatic heterocycles. The fraction of sp³-hybridized carbons (Fsp3) is 0.143. The first-order valence-electron chi connectivity index (χ1n) is 6.10. The van der Waals surface area contributed by atoms with Crippen molar-refractivity contribution in [1.82, 2.24) is 10.2 Å². The van der Waals surface area contributed by atoms with E-state index in [1.807, 2.05) is 0 Å². The Morgan fingerprint density at radius 3 is 2.40 bits per heavy atom. The summed E-state index contributed by atoms with van der Waals surface area (Å²) in [6.07, 6.45) is 4.34. The highest BCUT2D eigenvalue weighted by atomic mass is 16.3. The van der Waals surface area contributed by atoms with E-state index in [9.17, 15) is 9.59 Å². The molecule has 0 spiro atoms. The smallest absolute Gasteiger partial charge is 0.277 e. The number of furan rings is 2. The maximum absolute atomic E-state index is 12.1. The molecule has 0 radical (unpaired) electrons. The van der Waals surface area contributed by atoms with Crippen molar-refractivity contribution in [3.05, 3.63) is 60.1 Å². The first-order chi connectivity index (χ1) is 9.74. The van der Waals surface area contributed by atoms with E-state index in [-0.39, 0.29) is 24.1 Å². The van der Waals surface area contributed by atoms with Crippen molar-refractivity contribution in [2.24, 2.45) is 0 Å². The van der Waals surface area contributed by atoms with Gasteiger partial charge in [0.25, 0.3) is 11.8 Å². The largest absolute Gasteiger partial charge is 0.467 e. The summed E-state index contributed by atoms with van der Waals surface area (Å²) < 4.78 is 10.3. The fourth-order valence-electron chi connectivity index (χ4n) is 1.94. The molecule has 3 heterocycles. The van der Waals surface area contributed by atoms with Gasteiger partial charge in [-0.2, -0.15) is 0 Å². The Morgan fingerprint density at radius 1 is 1.05 bits per heavy atom. The Balaban J connectivity index is 1.64. The van der Waals surface area contributed by atoms with Crippen molar-refractivity contribution < 1.29 is 18.4 Å².